The van der Waals surface area contributed by atoms with Crippen LogP contribution < -0.4 is 0 Å². The van der Waals surface area contributed by atoms with Crippen molar-refractivity contribution in [2.45, 2.75) is 178 Å². The Kier molecular flexibility index (Phi) is 12.1. The summed E-state index contributed by atoms with van der Waals surface area (Å²) in [4.78, 5) is 0. The fraction of sp³-hybridized carbons (Fsp3) is 0.830. The summed E-state index contributed by atoms with van der Waals surface area (Å²) in [5.41, 5.74) is 9.75. The third-order valence-electron chi connectivity index (χ3n) is 16.1. The molecular weight excluding hydrogens is 692 g/mol. The van der Waals surface area contributed by atoms with Crippen LogP contribution in [0.15, 0.2) is 34.9 Å². The fourth-order valence-electron chi connectivity index (χ4n) is 13.7. The van der Waals surface area contributed by atoms with E-state index in [2.05, 4.69) is 90.9 Å². The standard InChI is InChI=1S/C24H38O2Si.C21H31ClO2.2CH4/c1-21(2)19-10-12-23(15-18-27(4,5)6)11-8-7-9-20(23)22(19,3)13-14-24(21)25-16-17-26-24;1-18(2)16-7-9-20(12-13-22)8-5-4-6-17(20)19(16,3)10-11-21(18)23-14-15-24-21;;/h9,19H,7-8,10-14,16-17H2,1-6H3;6,12-13,16H,4-5,7-11,14-15H2,1-3H3;2*1H4/t19-,22-,23+;16-,19-,20+;;/m00../s1. The molecule has 0 unspecified atom stereocenters. The molecule has 0 amide bonds. The van der Waals surface area contributed by atoms with Gasteiger partial charge in [0.15, 0.2) is 11.6 Å². The molecule has 0 aromatic carbocycles. The van der Waals surface area contributed by atoms with Crippen molar-refractivity contribution < 1.29 is 18.9 Å². The van der Waals surface area contributed by atoms with E-state index >= 15 is 0 Å². The maximum Gasteiger partial charge on any atom is 0.173 e. The van der Waals surface area contributed by atoms with E-state index in [1.165, 1.54) is 70.6 Å². The Morgan fingerprint density at radius 1 is 0.642 bits per heavy atom. The summed E-state index contributed by atoms with van der Waals surface area (Å²) < 4.78 is 25.0. The van der Waals surface area contributed by atoms with Crippen molar-refractivity contribution in [2.24, 2.45) is 44.3 Å². The van der Waals surface area contributed by atoms with E-state index in [1.54, 1.807) is 16.7 Å². The molecule has 2 spiro atoms. The molecule has 0 aromatic heterocycles. The average Bonchev–Trinajstić information content (AvgIpc) is 3.77. The summed E-state index contributed by atoms with van der Waals surface area (Å²) in [6.07, 6.45) is 24.2. The molecular formula is C47H77ClO4Si. The molecule has 2 saturated heterocycles. The van der Waals surface area contributed by atoms with Crippen LogP contribution in [0.3, 0.4) is 0 Å². The molecule has 8 aliphatic rings. The maximum atomic E-state index is 6.28. The van der Waals surface area contributed by atoms with Gasteiger partial charge in [0.05, 0.1) is 31.8 Å². The molecule has 6 atom stereocenters. The molecule has 6 aliphatic carbocycles. The van der Waals surface area contributed by atoms with Crippen LogP contribution in [0.1, 0.15) is 146 Å². The van der Waals surface area contributed by atoms with Gasteiger partial charge < -0.3 is 18.9 Å². The van der Waals surface area contributed by atoms with E-state index in [4.69, 9.17) is 30.5 Å². The zero-order chi connectivity index (χ0) is 36.6. The summed E-state index contributed by atoms with van der Waals surface area (Å²) in [6, 6.07) is 0. The van der Waals surface area contributed by atoms with Crippen molar-refractivity contribution >= 4 is 19.7 Å². The lowest BCUT2D eigenvalue weighted by Gasteiger charge is -2.64. The highest BCUT2D eigenvalue weighted by molar-refractivity contribution is 6.83. The minimum absolute atomic E-state index is 0. The van der Waals surface area contributed by atoms with Gasteiger partial charge >= 0.3 is 0 Å². The summed E-state index contributed by atoms with van der Waals surface area (Å²) in [5.74, 6) is 4.37. The van der Waals surface area contributed by atoms with Gasteiger partial charge in [-0.05, 0) is 105 Å². The summed E-state index contributed by atoms with van der Waals surface area (Å²) in [5, 5.41) is 0. The Morgan fingerprint density at radius 2 is 1.11 bits per heavy atom. The maximum absolute atomic E-state index is 6.28. The van der Waals surface area contributed by atoms with Crippen LogP contribution >= 0.6 is 11.6 Å². The average molecular weight is 770 g/mol. The minimum atomic E-state index is -1.37. The smallest absolute Gasteiger partial charge is 0.173 e. The fourth-order valence-corrected chi connectivity index (χ4v) is 14.5. The number of hydrogen-bond donors (Lipinski definition) is 0. The quantitative estimate of drug-likeness (QED) is 0.151. The molecule has 2 aliphatic heterocycles. The van der Waals surface area contributed by atoms with E-state index in [0.717, 1.165) is 45.7 Å². The lowest BCUT2D eigenvalue weighted by atomic mass is 9.43. The Morgan fingerprint density at radius 3 is 1.62 bits per heavy atom. The third-order valence-corrected chi connectivity index (χ3v) is 17.1. The number of rotatable bonds is 1. The van der Waals surface area contributed by atoms with Crippen LogP contribution in [0.25, 0.3) is 0 Å². The molecule has 4 saturated carbocycles. The van der Waals surface area contributed by atoms with Crippen molar-refractivity contribution in [1.29, 1.82) is 0 Å². The van der Waals surface area contributed by atoms with Crippen molar-refractivity contribution in [2.75, 3.05) is 26.4 Å². The molecule has 0 bridgehead atoms. The highest BCUT2D eigenvalue weighted by Crippen LogP contribution is 2.71. The number of ether oxygens (including phenoxy) is 4. The highest BCUT2D eigenvalue weighted by atomic mass is 35.5. The Balaban J connectivity index is 0.000000198. The van der Waals surface area contributed by atoms with Gasteiger partial charge in [-0.3, -0.25) is 0 Å². The lowest BCUT2D eigenvalue weighted by Crippen LogP contribution is -2.61. The topological polar surface area (TPSA) is 36.9 Å². The van der Waals surface area contributed by atoms with Crippen LogP contribution in [0.2, 0.25) is 19.6 Å². The van der Waals surface area contributed by atoms with Crippen molar-refractivity contribution in [1.82, 2.24) is 0 Å². The van der Waals surface area contributed by atoms with Gasteiger partial charge in [-0.15, -0.1) is 5.54 Å². The molecule has 2 heterocycles. The summed E-state index contributed by atoms with van der Waals surface area (Å²) >= 11 is 6.08. The first kappa shape index (κ1) is 43.3. The monoisotopic (exact) mass is 769 g/mol. The first-order valence-corrected chi connectivity index (χ1v) is 24.7. The normalized spacial score (nSPS) is 40.0. The summed E-state index contributed by atoms with van der Waals surface area (Å²) in [6.45, 7) is 24.7. The second kappa shape index (κ2) is 14.8. The molecule has 0 N–H and O–H groups in total. The Bertz CT molecular complexity index is 1500. The predicted molar refractivity (Wildman–Crippen MR) is 225 cm³/mol. The largest absolute Gasteiger partial charge is 0.347 e. The number of halogens is 1. The molecule has 0 aromatic rings. The van der Waals surface area contributed by atoms with Crippen molar-refractivity contribution in [3.05, 3.63) is 34.9 Å². The van der Waals surface area contributed by atoms with Gasteiger partial charge in [0.25, 0.3) is 0 Å². The second-order valence-electron chi connectivity index (χ2n) is 20.4. The first-order chi connectivity index (χ1) is 24.0. The van der Waals surface area contributed by atoms with Gasteiger partial charge in [0, 0.05) is 34.6 Å². The van der Waals surface area contributed by atoms with E-state index in [-0.39, 0.29) is 58.9 Å². The molecule has 6 heteroatoms. The Labute approximate surface area is 332 Å². The first-order valence-electron chi connectivity index (χ1n) is 20.8. The third kappa shape index (κ3) is 6.66. The van der Waals surface area contributed by atoms with Gasteiger partial charge in [-0.25, -0.2) is 0 Å². The lowest BCUT2D eigenvalue weighted by molar-refractivity contribution is -0.284. The van der Waals surface area contributed by atoms with Crippen LogP contribution in [0.4, 0.5) is 0 Å². The molecule has 8 rings (SSSR count). The van der Waals surface area contributed by atoms with Gasteiger partial charge in [0.2, 0.25) is 0 Å². The Hall–Kier alpha value is -0.873. The predicted octanol–water partition coefficient (Wildman–Crippen LogP) is 13.0. The number of allylic oxidation sites excluding steroid dienone is 5. The number of hydrogen-bond acceptors (Lipinski definition) is 4. The van der Waals surface area contributed by atoms with Crippen molar-refractivity contribution in [3.63, 3.8) is 0 Å². The van der Waals surface area contributed by atoms with Crippen LogP contribution in [-0.4, -0.2) is 46.1 Å². The van der Waals surface area contributed by atoms with E-state index in [1.807, 2.05) is 0 Å². The van der Waals surface area contributed by atoms with Gasteiger partial charge in [-0.2, -0.15) is 0 Å². The van der Waals surface area contributed by atoms with Crippen LogP contribution in [0, 0.1) is 55.8 Å². The van der Waals surface area contributed by atoms with Crippen molar-refractivity contribution in [3.8, 4) is 11.5 Å². The van der Waals surface area contributed by atoms with Crippen LogP contribution in [0.5, 0.6) is 0 Å². The second-order valence-corrected chi connectivity index (χ2v) is 25.4. The molecule has 6 fully saturated rings. The zero-order valence-electron chi connectivity index (χ0n) is 33.7. The zero-order valence-corrected chi connectivity index (χ0v) is 35.5. The number of fused-ring (bicyclic) bond motifs is 6. The van der Waals surface area contributed by atoms with E-state index < -0.39 is 8.07 Å². The van der Waals surface area contributed by atoms with E-state index in [9.17, 15) is 0 Å². The van der Waals surface area contributed by atoms with Gasteiger partial charge in [0.1, 0.15) is 8.07 Å². The van der Waals surface area contributed by atoms with E-state index in [0.29, 0.717) is 11.8 Å². The highest BCUT2D eigenvalue weighted by Gasteiger charge is 2.67. The molecule has 0 radical (unpaired) electrons. The van der Waals surface area contributed by atoms with Gasteiger partial charge in [-0.1, -0.05) is 117 Å². The SMILES string of the molecule is C.C.CC1(C)[C@@H]2CC[C@@]3(C#C[Si](C)(C)C)CCCC=C3[C@@]2(C)CCC12OCCO2.CC1(C)[C@@H]2CC[C@@]3(C=CCl)CCCC=C3[C@@]2(C)CCC12OCCO2. The molecule has 4 nitrogen and oxygen atoms in total. The molecule has 300 valence electrons. The minimum Gasteiger partial charge on any atom is -0.347 e. The molecule has 53 heavy (non-hydrogen) atoms. The summed E-state index contributed by atoms with van der Waals surface area (Å²) in [7, 11) is -1.37. The van der Waals surface area contributed by atoms with Crippen LogP contribution in [-0.2, 0) is 18.9 Å².